The van der Waals surface area contributed by atoms with E-state index in [0.717, 1.165) is 29.8 Å². The molecule has 1 fully saturated rings. The van der Waals surface area contributed by atoms with E-state index in [1.54, 1.807) is 18.2 Å². The third-order valence-corrected chi connectivity index (χ3v) is 6.42. The Hall–Kier alpha value is -2.05. The maximum Gasteiger partial charge on any atom is 0.242 e. The molecule has 1 saturated carbocycles. The molecule has 5 nitrogen and oxygen atoms in total. The van der Waals surface area contributed by atoms with Crippen molar-refractivity contribution in [2.45, 2.75) is 43.2 Å². The summed E-state index contributed by atoms with van der Waals surface area (Å²) in [4.78, 5) is 0.306. The van der Waals surface area contributed by atoms with Crippen molar-refractivity contribution in [2.75, 3.05) is 19.4 Å². The molecule has 0 heterocycles. The van der Waals surface area contributed by atoms with Crippen LogP contribution in [0.5, 0.6) is 5.75 Å². The Morgan fingerprint density at radius 3 is 2.54 bits per heavy atom. The highest BCUT2D eigenvalue weighted by Crippen LogP contribution is 2.26. The second-order valence-corrected chi connectivity index (χ2v) is 8.99. The topological polar surface area (TPSA) is 58.6 Å². The van der Waals surface area contributed by atoms with Crippen molar-refractivity contribution in [3.05, 3.63) is 54.1 Å². The van der Waals surface area contributed by atoms with Crippen molar-refractivity contribution < 1.29 is 13.2 Å². The summed E-state index contributed by atoms with van der Waals surface area (Å²) >= 11 is 0. The largest absolute Gasteiger partial charge is 0.490 e. The van der Waals surface area contributed by atoms with Gasteiger partial charge in [-0.15, -0.1) is 0 Å². The molecule has 0 atom stereocenters. The Morgan fingerprint density at radius 1 is 1.08 bits per heavy atom. The van der Waals surface area contributed by atoms with Gasteiger partial charge in [0.1, 0.15) is 5.75 Å². The summed E-state index contributed by atoms with van der Waals surface area (Å²) in [6.45, 7) is 0.545. The lowest BCUT2D eigenvalue weighted by atomic mass is 10.2. The molecule has 2 aromatic rings. The Morgan fingerprint density at radius 2 is 1.81 bits per heavy atom. The number of hydrogen-bond donors (Lipinski definition) is 1. The van der Waals surface area contributed by atoms with E-state index >= 15 is 0 Å². The maximum absolute atomic E-state index is 12.3. The van der Waals surface area contributed by atoms with E-state index in [9.17, 15) is 8.42 Å². The number of nitrogens with zero attached hydrogens (tertiary/aromatic N) is 1. The molecule has 1 N–H and O–H groups in total. The molecule has 0 radical (unpaired) electrons. The molecule has 0 aromatic heterocycles. The molecule has 6 heteroatoms. The van der Waals surface area contributed by atoms with Crippen molar-refractivity contribution in [3.8, 4) is 5.75 Å². The number of ether oxygens (including phenoxy) is 1. The first-order valence-corrected chi connectivity index (χ1v) is 10.4. The van der Waals surface area contributed by atoms with E-state index in [1.165, 1.54) is 31.2 Å². The van der Waals surface area contributed by atoms with Crippen LogP contribution in [0.25, 0.3) is 0 Å². The summed E-state index contributed by atoms with van der Waals surface area (Å²) in [5.41, 5.74) is 1.87. The lowest BCUT2D eigenvalue weighted by Crippen LogP contribution is -2.22. The fourth-order valence-electron chi connectivity index (χ4n) is 3.11. The van der Waals surface area contributed by atoms with E-state index in [2.05, 4.69) is 5.32 Å². The van der Waals surface area contributed by atoms with Gasteiger partial charge in [0.15, 0.2) is 0 Å². The average molecular weight is 375 g/mol. The quantitative estimate of drug-likeness (QED) is 0.799. The summed E-state index contributed by atoms with van der Waals surface area (Å²) in [5.74, 6) is 0.880. The van der Waals surface area contributed by atoms with Gasteiger partial charge in [-0.05, 0) is 55.5 Å². The Balaban J connectivity index is 1.66. The second-order valence-electron chi connectivity index (χ2n) is 6.84. The van der Waals surface area contributed by atoms with Crippen LogP contribution < -0.4 is 10.1 Å². The first-order chi connectivity index (χ1) is 12.4. The molecular weight excluding hydrogens is 348 g/mol. The third-order valence-electron chi connectivity index (χ3n) is 4.61. The highest BCUT2D eigenvalue weighted by Gasteiger charge is 2.17. The number of sulfonamides is 1. The first kappa shape index (κ1) is 18.7. The number of rotatable bonds is 7. The van der Waals surface area contributed by atoms with Gasteiger partial charge in [-0.2, -0.15) is 0 Å². The van der Waals surface area contributed by atoms with Gasteiger partial charge in [-0.1, -0.05) is 18.2 Å². The van der Waals surface area contributed by atoms with E-state index in [-0.39, 0.29) is 0 Å². The summed E-state index contributed by atoms with van der Waals surface area (Å²) in [7, 11) is -0.341. The average Bonchev–Trinajstić information content (AvgIpc) is 3.13. The van der Waals surface area contributed by atoms with Gasteiger partial charge >= 0.3 is 0 Å². The van der Waals surface area contributed by atoms with Crippen molar-refractivity contribution in [1.29, 1.82) is 0 Å². The molecule has 3 rings (SSSR count). The van der Waals surface area contributed by atoms with Crippen LogP contribution >= 0.6 is 0 Å². The van der Waals surface area contributed by atoms with E-state index in [4.69, 9.17) is 4.74 Å². The molecule has 2 aromatic carbocycles. The SMILES string of the molecule is CN(C)S(=O)(=O)c1cccc(CNc2cccc(OC3CCCC3)c2)c1. The Labute approximate surface area is 156 Å². The molecule has 0 bridgehead atoms. The minimum atomic E-state index is -3.42. The monoisotopic (exact) mass is 374 g/mol. The zero-order valence-corrected chi connectivity index (χ0v) is 16.1. The van der Waals surface area contributed by atoms with Crippen LogP contribution in [0.15, 0.2) is 53.4 Å². The molecule has 1 aliphatic rings. The van der Waals surface area contributed by atoms with E-state index < -0.39 is 10.0 Å². The van der Waals surface area contributed by atoms with Crippen molar-refractivity contribution in [3.63, 3.8) is 0 Å². The fraction of sp³-hybridized carbons (Fsp3) is 0.400. The van der Waals surface area contributed by atoms with Gasteiger partial charge in [0.2, 0.25) is 10.0 Å². The van der Waals surface area contributed by atoms with Crippen LogP contribution in [-0.4, -0.2) is 32.9 Å². The number of nitrogens with one attached hydrogen (secondary N) is 1. The fourth-order valence-corrected chi connectivity index (χ4v) is 4.08. The summed E-state index contributed by atoms with van der Waals surface area (Å²) in [5, 5.41) is 3.35. The first-order valence-electron chi connectivity index (χ1n) is 8.97. The number of benzene rings is 2. The van der Waals surface area contributed by atoms with Gasteiger partial charge in [0.25, 0.3) is 0 Å². The predicted molar refractivity (Wildman–Crippen MR) is 104 cm³/mol. The lowest BCUT2D eigenvalue weighted by molar-refractivity contribution is 0.210. The standard InChI is InChI=1S/C20H26N2O3S/c1-22(2)26(23,24)20-12-5-7-16(13-20)15-21-17-8-6-11-19(14-17)25-18-9-3-4-10-18/h5-8,11-14,18,21H,3-4,9-10,15H2,1-2H3. The molecule has 26 heavy (non-hydrogen) atoms. The minimum absolute atomic E-state index is 0.306. The summed E-state index contributed by atoms with van der Waals surface area (Å²) in [6, 6.07) is 15.0. The van der Waals surface area contributed by atoms with Crippen LogP contribution in [0.1, 0.15) is 31.2 Å². The Bertz CT molecular complexity index is 844. The third kappa shape index (κ3) is 4.56. The van der Waals surface area contributed by atoms with Gasteiger partial charge in [-0.3, -0.25) is 0 Å². The molecule has 0 spiro atoms. The van der Waals surface area contributed by atoms with Crippen LogP contribution in [0.3, 0.4) is 0 Å². The maximum atomic E-state index is 12.3. The zero-order chi connectivity index (χ0) is 18.6. The Kier molecular flexibility index (Phi) is 5.84. The predicted octanol–water partition coefficient (Wildman–Crippen LogP) is 3.87. The van der Waals surface area contributed by atoms with Gasteiger partial charge in [0, 0.05) is 32.4 Å². The normalized spacial score (nSPS) is 15.3. The summed E-state index contributed by atoms with van der Waals surface area (Å²) in [6.07, 6.45) is 5.08. The zero-order valence-electron chi connectivity index (χ0n) is 15.3. The van der Waals surface area contributed by atoms with Gasteiger partial charge < -0.3 is 10.1 Å². The number of anilines is 1. The van der Waals surface area contributed by atoms with Crippen LogP contribution in [0.4, 0.5) is 5.69 Å². The molecule has 0 saturated heterocycles. The number of hydrogen-bond acceptors (Lipinski definition) is 4. The highest BCUT2D eigenvalue weighted by molar-refractivity contribution is 7.89. The van der Waals surface area contributed by atoms with Crippen molar-refractivity contribution in [1.82, 2.24) is 4.31 Å². The second kappa shape index (κ2) is 8.10. The summed E-state index contributed by atoms with van der Waals surface area (Å²) < 4.78 is 31.8. The van der Waals surface area contributed by atoms with E-state index in [0.29, 0.717) is 17.5 Å². The van der Waals surface area contributed by atoms with Crippen LogP contribution in [0.2, 0.25) is 0 Å². The van der Waals surface area contributed by atoms with E-state index in [1.807, 2.05) is 30.3 Å². The molecular formula is C20H26N2O3S. The van der Waals surface area contributed by atoms with Gasteiger partial charge in [-0.25, -0.2) is 12.7 Å². The molecule has 1 aliphatic carbocycles. The lowest BCUT2D eigenvalue weighted by Gasteiger charge is -2.15. The van der Waals surface area contributed by atoms with Crippen molar-refractivity contribution in [2.24, 2.45) is 0 Å². The van der Waals surface area contributed by atoms with Crippen LogP contribution in [-0.2, 0) is 16.6 Å². The smallest absolute Gasteiger partial charge is 0.242 e. The molecule has 140 valence electrons. The molecule has 0 unspecified atom stereocenters. The van der Waals surface area contributed by atoms with Gasteiger partial charge in [0.05, 0.1) is 11.0 Å². The highest BCUT2D eigenvalue weighted by atomic mass is 32.2. The van der Waals surface area contributed by atoms with Crippen LogP contribution in [0, 0.1) is 0 Å². The minimum Gasteiger partial charge on any atom is -0.490 e. The molecule has 0 aliphatic heterocycles. The van der Waals surface area contributed by atoms with Crippen molar-refractivity contribution >= 4 is 15.7 Å². The molecule has 0 amide bonds.